The molecule has 116 valence electrons. The van der Waals surface area contributed by atoms with Crippen LogP contribution in [0.15, 0.2) is 0 Å². The third-order valence-corrected chi connectivity index (χ3v) is 2.68. The van der Waals surface area contributed by atoms with Gasteiger partial charge in [0.05, 0.1) is 6.10 Å². The molecule has 0 bridgehead atoms. The molecule has 2 atom stereocenters. The standard InChI is InChI=1S/C12H20F6O/c1-7(6-10(3,4)5)8(2)19-9(11(13,14)15)12(16,17)18/h7-9H,6H2,1-5H3. The minimum atomic E-state index is -5.45. The van der Waals surface area contributed by atoms with Crippen LogP contribution in [0, 0.1) is 11.3 Å². The van der Waals surface area contributed by atoms with Crippen LogP contribution in [0.2, 0.25) is 0 Å². The van der Waals surface area contributed by atoms with Crippen LogP contribution in [-0.2, 0) is 4.74 Å². The van der Waals surface area contributed by atoms with Crippen LogP contribution >= 0.6 is 0 Å². The molecule has 0 radical (unpaired) electrons. The van der Waals surface area contributed by atoms with Crippen molar-refractivity contribution >= 4 is 0 Å². The average Bonchev–Trinajstić information content (AvgIpc) is 2.06. The molecule has 0 fully saturated rings. The van der Waals surface area contributed by atoms with E-state index in [0.29, 0.717) is 6.42 Å². The summed E-state index contributed by atoms with van der Waals surface area (Å²) in [6.45, 7) is 8.41. The highest BCUT2D eigenvalue weighted by Crippen LogP contribution is 2.38. The van der Waals surface area contributed by atoms with E-state index in [9.17, 15) is 26.3 Å². The van der Waals surface area contributed by atoms with Crippen molar-refractivity contribution < 1.29 is 31.1 Å². The lowest BCUT2D eigenvalue weighted by Gasteiger charge is -2.31. The first-order chi connectivity index (χ1) is 8.14. The van der Waals surface area contributed by atoms with Gasteiger partial charge < -0.3 is 4.74 Å². The van der Waals surface area contributed by atoms with Crippen LogP contribution in [0.25, 0.3) is 0 Å². The molecule has 0 aromatic carbocycles. The van der Waals surface area contributed by atoms with Crippen LogP contribution < -0.4 is 0 Å². The molecule has 1 nitrogen and oxygen atoms in total. The smallest absolute Gasteiger partial charge is 0.358 e. The number of alkyl halides is 6. The Bertz CT molecular complexity index is 261. The average molecular weight is 294 g/mol. The molecule has 0 saturated heterocycles. The summed E-state index contributed by atoms with van der Waals surface area (Å²) >= 11 is 0. The van der Waals surface area contributed by atoms with Gasteiger partial charge in [-0.05, 0) is 24.7 Å². The number of hydrogen-bond donors (Lipinski definition) is 0. The first-order valence-electron chi connectivity index (χ1n) is 5.93. The van der Waals surface area contributed by atoms with Crippen LogP contribution in [0.5, 0.6) is 0 Å². The summed E-state index contributed by atoms with van der Waals surface area (Å²) in [7, 11) is 0. The van der Waals surface area contributed by atoms with Crippen molar-refractivity contribution in [2.75, 3.05) is 0 Å². The van der Waals surface area contributed by atoms with E-state index in [4.69, 9.17) is 0 Å². The number of hydrogen-bond acceptors (Lipinski definition) is 1. The third-order valence-electron chi connectivity index (χ3n) is 2.68. The fourth-order valence-corrected chi connectivity index (χ4v) is 1.82. The first-order valence-corrected chi connectivity index (χ1v) is 5.93. The van der Waals surface area contributed by atoms with Gasteiger partial charge in [0.2, 0.25) is 6.10 Å². The van der Waals surface area contributed by atoms with Gasteiger partial charge in [-0.2, -0.15) is 26.3 Å². The highest BCUT2D eigenvalue weighted by atomic mass is 19.4. The molecular weight excluding hydrogens is 274 g/mol. The van der Waals surface area contributed by atoms with Crippen molar-refractivity contribution in [1.82, 2.24) is 0 Å². The lowest BCUT2D eigenvalue weighted by molar-refractivity contribution is -0.332. The highest BCUT2D eigenvalue weighted by Gasteiger charge is 2.58. The maximum absolute atomic E-state index is 12.3. The maximum Gasteiger partial charge on any atom is 0.423 e. The van der Waals surface area contributed by atoms with Crippen LogP contribution in [0.3, 0.4) is 0 Å². The zero-order valence-electron chi connectivity index (χ0n) is 11.6. The molecular formula is C12H20F6O. The van der Waals surface area contributed by atoms with Crippen molar-refractivity contribution in [3.8, 4) is 0 Å². The molecule has 0 amide bonds. The Balaban J connectivity index is 4.79. The van der Waals surface area contributed by atoms with E-state index in [1.54, 1.807) is 6.92 Å². The lowest BCUT2D eigenvalue weighted by Crippen LogP contribution is -2.47. The Hall–Kier alpha value is -0.460. The van der Waals surface area contributed by atoms with E-state index in [2.05, 4.69) is 4.74 Å². The zero-order chi connectivity index (χ0) is 15.6. The molecule has 0 saturated carbocycles. The Labute approximate surface area is 109 Å². The quantitative estimate of drug-likeness (QED) is 0.666. The van der Waals surface area contributed by atoms with Crippen LogP contribution in [0.4, 0.5) is 26.3 Å². The molecule has 2 unspecified atom stereocenters. The minimum Gasteiger partial charge on any atom is -0.358 e. The molecule has 0 aliphatic heterocycles. The topological polar surface area (TPSA) is 9.23 Å². The lowest BCUT2D eigenvalue weighted by atomic mass is 9.83. The Morgan fingerprint density at radius 3 is 1.47 bits per heavy atom. The summed E-state index contributed by atoms with van der Waals surface area (Å²) in [6, 6.07) is 0. The number of ether oxygens (including phenoxy) is 1. The summed E-state index contributed by atoms with van der Waals surface area (Å²) in [5.41, 5.74) is -0.191. The normalized spacial score (nSPS) is 17.7. The fraction of sp³-hybridized carbons (Fsp3) is 1.00. The largest absolute Gasteiger partial charge is 0.423 e. The molecule has 0 heterocycles. The Morgan fingerprint density at radius 1 is 0.842 bits per heavy atom. The summed E-state index contributed by atoms with van der Waals surface area (Å²) < 4.78 is 78.2. The van der Waals surface area contributed by atoms with Gasteiger partial charge in [0.25, 0.3) is 0 Å². The Morgan fingerprint density at radius 2 is 1.21 bits per heavy atom. The van der Waals surface area contributed by atoms with Gasteiger partial charge in [0, 0.05) is 0 Å². The summed E-state index contributed by atoms with van der Waals surface area (Å²) in [4.78, 5) is 0. The second-order valence-electron chi connectivity index (χ2n) is 6.05. The van der Waals surface area contributed by atoms with E-state index >= 15 is 0 Å². The van der Waals surface area contributed by atoms with Gasteiger partial charge >= 0.3 is 12.4 Å². The highest BCUT2D eigenvalue weighted by molar-refractivity contribution is 4.79. The van der Waals surface area contributed by atoms with Crippen molar-refractivity contribution in [3.63, 3.8) is 0 Å². The van der Waals surface area contributed by atoms with Gasteiger partial charge in [0.1, 0.15) is 0 Å². The first kappa shape index (κ1) is 18.5. The molecule has 0 N–H and O–H groups in total. The molecule has 0 aliphatic carbocycles. The summed E-state index contributed by atoms with van der Waals surface area (Å²) in [6.07, 6.45) is -15.3. The number of halogens is 6. The predicted molar refractivity (Wildman–Crippen MR) is 59.7 cm³/mol. The zero-order valence-corrected chi connectivity index (χ0v) is 11.6. The van der Waals surface area contributed by atoms with Gasteiger partial charge in [0.15, 0.2) is 0 Å². The molecule has 7 heteroatoms. The van der Waals surface area contributed by atoms with E-state index in [0.717, 1.165) is 0 Å². The second kappa shape index (κ2) is 5.89. The van der Waals surface area contributed by atoms with Gasteiger partial charge in [-0.15, -0.1) is 0 Å². The molecule has 0 aliphatic rings. The van der Waals surface area contributed by atoms with E-state index in [-0.39, 0.29) is 5.41 Å². The molecule has 0 spiro atoms. The van der Waals surface area contributed by atoms with E-state index in [1.165, 1.54) is 6.92 Å². The van der Waals surface area contributed by atoms with Crippen LogP contribution in [0.1, 0.15) is 41.0 Å². The van der Waals surface area contributed by atoms with Crippen LogP contribution in [-0.4, -0.2) is 24.6 Å². The predicted octanol–water partition coefficient (Wildman–Crippen LogP) is 4.96. The van der Waals surface area contributed by atoms with Crippen molar-refractivity contribution in [2.45, 2.75) is 65.6 Å². The Kier molecular flexibility index (Phi) is 5.75. The van der Waals surface area contributed by atoms with Gasteiger partial charge in [-0.1, -0.05) is 27.7 Å². The van der Waals surface area contributed by atoms with Gasteiger partial charge in [-0.25, -0.2) is 0 Å². The minimum absolute atomic E-state index is 0.191. The van der Waals surface area contributed by atoms with Crippen molar-refractivity contribution in [3.05, 3.63) is 0 Å². The van der Waals surface area contributed by atoms with E-state index in [1.807, 2.05) is 20.8 Å². The third kappa shape index (κ3) is 7.03. The van der Waals surface area contributed by atoms with Gasteiger partial charge in [-0.3, -0.25) is 0 Å². The SMILES string of the molecule is CC(CC(C)(C)C)C(C)OC(C(F)(F)F)C(F)(F)F. The molecule has 0 aromatic rings. The van der Waals surface area contributed by atoms with Crippen molar-refractivity contribution in [1.29, 1.82) is 0 Å². The monoisotopic (exact) mass is 294 g/mol. The summed E-state index contributed by atoms with van der Waals surface area (Å²) in [5.74, 6) is -0.410. The summed E-state index contributed by atoms with van der Waals surface area (Å²) in [5, 5.41) is 0. The van der Waals surface area contributed by atoms with Crippen molar-refractivity contribution in [2.24, 2.45) is 11.3 Å². The van der Waals surface area contributed by atoms with E-state index < -0.39 is 30.5 Å². The molecule has 0 rings (SSSR count). The molecule has 19 heavy (non-hydrogen) atoms. The maximum atomic E-state index is 12.3. The second-order valence-corrected chi connectivity index (χ2v) is 6.05. The number of rotatable bonds is 4. The fourth-order valence-electron chi connectivity index (χ4n) is 1.82. The molecule has 0 aromatic heterocycles.